The summed E-state index contributed by atoms with van der Waals surface area (Å²) in [5.41, 5.74) is 1.66. The van der Waals surface area contributed by atoms with E-state index in [0.29, 0.717) is 16.8 Å². The lowest BCUT2D eigenvalue weighted by Gasteiger charge is -2.08. The Hall–Kier alpha value is -3.18. The number of nitrogens with one attached hydrogen (secondary N) is 1. The lowest BCUT2D eigenvalue weighted by atomic mass is 10.1. The largest absolute Gasteiger partial charge is 0.457 e. The highest BCUT2D eigenvalue weighted by atomic mass is 35.5. The smallest absolute Gasteiger partial charge is 0.341 e. The number of halogens is 2. The van der Waals surface area contributed by atoms with Gasteiger partial charge in [-0.3, -0.25) is 4.79 Å². The fourth-order valence-electron chi connectivity index (χ4n) is 2.36. The summed E-state index contributed by atoms with van der Waals surface area (Å²) >= 11 is 5.66. The number of para-hydroxylation sites is 1. The van der Waals surface area contributed by atoms with Crippen LogP contribution < -0.4 is 5.32 Å². The van der Waals surface area contributed by atoms with E-state index >= 15 is 0 Å². The van der Waals surface area contributed by atoms with E-state index in [2.05, 4.69) is 5.32 Å². The molecule has 0 saturated carbocycles. The summed E-state index contributed by atoms with van der Waals surface area (Å²) in [6.07, 6.45) is 0. The van der Waals surface area contributed by atoms with Crippen LogP contribution in [-0.2, 0) is 11.3 Å². The van der Waals surface area contributed by atoms with Gasteiger partial charge in [-0.15, -0.1) is 0 Å². The maximum absolute atomic E-state index is 13.7. The number of rotatable bonds is 5. The van der Waals surface area contributed by atoms with Gasteiger partial charge in [0.15, 0.2) is 0 Å². The summed E-state index contributed by atoms with van der Waals surface area (Å²) in [6.45, 7) is -0.0402. The predicted octanol–water partition coefficient (Wildman–Crippen LogP) is 5.09. The lowest BCUT2D eigenvalue weighted by molar-refractivity contribution is 0.0467. The summed E-state index contributed by atoms with van der Waals surface area (Å²) < 4.78 is 18.8. The maximum atomic E-state index is 13.7. The molecule has 0 atom stereocenters. The molecule has 0 heterocycles. The number of esters is 1. The average Bonchev–Trinajstić information content (AvgIpc) is 2.67. The molecule has 1 amide bonds. The molecule has 6 heteroatoms. The molecule has 0 aliphatic heterocycles. The molecule has 136 valence electrons. The van der Waals surface area contributed by atoms with Crippen LogP contribution in [0.2, 0.25) is 5.02 Å². The molecule has 0 bridgehead atoms. The number of carbonyl (C=O) groups excluding carboxylic acids is 2. The number of anilines is 1. The summed E-state index contributed by atoms with van der Waals surface area (Å²) in [6, 6.07) is 19.5. The van der Waals surface area contributed by atoms with Crippen molar-refractivity contribution in [3.63, 3.8) is 0 Å². The first-order valence-electron chi connectivity index (χ1n) is 8.10. The Labute approximate surface area is 160 Å². The van der Waals surface area contributed by atoms with Gasteiger partial charge in [-0.05, 0) is 48.0 Å². The van der Waals surface area contributed by atoms with Crippen LogP contribution in [-0.4, -0.2) is 11.9 Å². The van der Waals surface area contributed by atoms with Crippen molar-refractivity contribution in [2.75, 3.05) is 5.32 Å². The molecular formula is C21H15ClFNO3. The molecular weight excluding hydrogens is 369 g/mol. The first-order chi connectivity index (χ1) is 13.0. The van der Waals surface area contributed by atoms with Crippen molar-refractivity contribution in [3.05, 3.63) is 100 Å². The van der Waals surface area contributed by atoms with E-state index < -0.39 is 11.8 Å². The Bertz CT molecular complexity index is 959. The zero-order valence-corrected chi connectivity index (χ0v) is 14.9. The van der Waals surface area contributed by atoms with Gasteiger partial charge in [0.2, 0.25) is 0 Å². The van der Waals surface area contributed by atoms with E-state index in [4.69, 9.17) is 16.3 Å². The SMILES string of the molecule is O=C(Nc1ccccc1)c1ccc(COC(=O)c2ccc(Cl)cc2F)cc1. The van der Waals surface area contributed by atoms with E-state index in [9.17, 15) is 14.0 Å². The third-order valence-corrected chi connectivity index (χ3v) is 4.00. The number of benzene rings is 3. The highest BCUT2D eigenvalue weighted by molar-refractivity contribution is 6.30. The van der Waals surface area contributed by atoms with E-state index in [0.717, 1.165) is 6.07 Å². The van der Waals surface area contributed by atoms with Gasteiger partial charge < -0.3 is 10.1 Å². The molecule has 3 aromatic carbocycles. The zero-order valence-electron chi connectivity index (χ0n) is 14.1. The van der Waals surface area contributed by atoms with Crippen molar-refractivity contribution in [1.29, 1.82) is 0 Å². The number of carbonyl (C=O) groups is 2. The van der Waals surface area contributed by atoms with Crippen molar-refractivity contribution >= 4 is 29.2 Å². The molecule has 0 aliphatic rings. The standard InChI is InChI=1S/C21H15ClFNO3/c22-16-10-11-18(19(23)12-16)21(26)27-13-14-6-8-15(9-7-14)20(25)24-17-4-2-1-3-5-17/h1-12H,13H2,(H,24,25). The molecule has 0 unspecified atom stereocenters. The van der Waals surface area contributed by atoms with Crippen LogP contribution >= 0.6 is 11.6 Å². The third-order valence-electron chi connectivity index (χ3n) is 3.77. The van der Waals surface area contributed by atoms with Crippen LogP contribution in [0.3, 0.4) is 0 Å². The molecule has 0 fully saturated rings. The first-order valence-corrected chi connectivity index (χ1v) is 8.48. The summed E-state index contributed by atoms with van der Waals surface area (Å²) in [5.74, 6) is -1.76. The molecule has 0 radical (unpaired) electrons. The first kappa shape index (κ1) is 18.6. The molecule has 27 heavy (non-hydrogen) atoms. The number of ether oxygens (including phenoxy) is 1. The Balaban J connectivity index is 1.59. The molecule has 0 aromatic heterocycles. The minimum absolute atomic E-state index is 0.0402. The fraction of sp³-hybridized carbons (Fsp3) is 0.0476. The quantitative estimate of drug-likeness (QED) is 0.624. The molecule has 0 aliphatic carbocycles. The van der Waals surface area contributed by atoms with E-state index in [1.54, 1.807) is 36.4 Å². The second-order valence-corrected chi connectivity index (χ2v) is 6.15. The van der Waals surface area contributed by atoms with Crippen LogP contribution in [0.5, 0.6) is 0 Å². The Morgan fingerprint density at radius 3 is 2.33 bits per heavy atom. The van der Waals surface area contributed by atoms with Gasteiger partial charge in [-0.1, -0.05) is 41.9 Å². The van der Waals surface area contributed by atoms with E-state index in [-0.39, 0.29) is 23.1 Å². The minimum atomic E-state index is -0.782. The molecule has 0 spiro atoms. The van der Waals surface area contributed by atoms with Crippen molar-refractivity contribution in [2.45, 2.75) is 6.61 Å². The van der Waals surface area contributed by atoms with Gasteiger partial charge in [0.05, 0.1) is 5.56 Å². The maximum Gasteiger partial charge on any atom is 0.341 e. The highest BCUT2D eigenvalue weighted by Crippen LogP contribution is 2.16. The Morgan fingerprint density at radius 1 is 0.963 bits per heavy atom. The number of hydrogen-bond acceptors (Lipinski definition) is 3. The second-order valence-electron chi connectivity index (χ2n) is 5.72. The van der Waals surface area contributed by atoms with E-state index in [1.807, 2.05) is 18.2 Å². The molecule has 3 aromatic rings. The average molecular weight is 384 g/mol. The van der Waals surface area contributed by atoms with Crippen molar-refractivity contribution in [3.8, 4) is 0 Å². The Kier molecular flexibility index (Phi) is 5.84. The fourth-order valence-corrected chi connectivity index (χ4v) is 2.52. The molecule has 4 nitrogen and oxygen atoms in total. The van der Waals surface area contributed by atoms with Crippen LogP contribution in [0.1, 0.15) is 26.3 Å². The predicted molar refractivity (Wildman–Crippen MR) is 101 cm³/mol. The minimum Gasteiger partial charge on any atom is -0.457 e. The molecule has 3 rings (SSSR count). The Morgan fingerprint density at radius 2 is 1.67 bits per heavy atom. The molecule has 0 saturated heterocycles. The van der Waals surface area contributed by atoms with Gasteiger partial charge in [0.25, 0.3) is 5.91 Å². The van der Waals surface area contributed by atoms with Crippen LogP contribution in [0.4, 0.5) is 10.1 Å². The molecule has 1 N–H and O–H groups in total. The van der Waals surface area contributed by atoms with Gasteiger partial charge >= 0.3 is 5.97 Å². The summed E-state index contributed by atoms with van der Waals surface area (Å²) in [5, 5.41) is 2.99. The van der Waals surface area contributed by atoms with Crippen LogP contribution in [0.25, 0.3) is 0 Å². The van der Waals surface area contributed by atoms with Crippen molar-refractivity contribution in [2.24, 2.45) is 0 Å². The van der Waals surface area contributed by atoms with Gasteiger partial charge in [-0.2, -0.15) is 0 Å². The normalized spacial score (nSPS) is 10.3. The summed E-state index contributed by atoms with van der Waals surface area (Å²) in [7, 11) is 0. The van der Waals surface area contributed by atoms with Crippen molar-refractivity contribution in [1.82, 2.24) is 0 Å². The van der Waals surface area contributed by atoms with Crippen molar-refractivity contribution < 1.29 is 18.7 Å². The van der Waals surface area contributed by atoms with Gasteiger partial charge in [0, 0.05) is 16.3 Å². The van der Waals surface area contributed by atoms with Gasteiger partial charge in [0.1, 0.15) is 12.4 Å². The number of hydrogen-bond donors (Lipinski definition) is 1. The van der Waals surface area contributed by atoms with Crippen LogP contribution in [0, 0.1) is 5.82 Å². The number of amides is 1. The third kappa shape index (κ3) is 4.92. The lowest BCUT2D eigenvalue weighted by Crippen LogP contribution is -2.12. The highest BCUT2D eigenvalue weighted by Gasteiger charge is 2.14. The summed E-state index contributed by atoms with van der Waals surface area (Å²) in [4.78, 5) is 24.2. The van der Waals surface area contributed by atoms with Crippen LogP contribution in [0.15, 0.2) is 72.8 Å². The monoisotopic (exact) mass is 383 g/mol. The zero-order chi connectivity index (χ0) is 19.2. The van der Waals surface area contributed by atoms with Gasteiger partial charge in [-0.25, -0.2) is 9.18 Å². The van der Waals surface area contributed by atoms with E-state index in [1.165, 1.54) is 12.1 Å². The second kappa shape index (κ2) is 8.47. The topological polar surface area (TPSA) is 55.4 Å².